The first-order valence-electron chi connectivity index (χ1n) is 12.6. The highest BCUT2D eigenvalue weighted by molar-refractivity contribution is 6.24. The molecule has 0 aliphatic carbocycles. The lowest BCUT2D eigenvalue weighted by atomic mass is 9.88. The van der Waals surface area contributed by atoms with Gasteiger partial charge < -0.3 is 24.4 Å². The van der Waals surface area contributed by atoms with Crippen molar-refractivity contribution in [2.45, 2.75) is 13.3 Å². The summed E-state index contributed by atoms with van der Waals surface area (Å²) >= 11 is 0. The number of benzene rings is 4. The van der Waals surface area contributed by atoms with Gasteiger partial charge in [-0.1, -0.05) is 55.5 Å². The molecule has 4 rings (SSSR count). The van der Waals surface area contributed by atoms with Crippen LogP contribution >= 0.6 is 0 Å². The first-order valence-corrected chi connectivity index (χ1v) is 12.6. The van der Waals surface area contributed by atoms with Crippen LogP contribution in [0.2, 0.25) is 0 Å². The lowest BCUT2D eigenvalue weighted by molar-refractivity contribution is 0.0496. The third kappa shape index (κ3) is 5.94. The lowest BCUT2D eigenvalue weighted by Crippen LogP contribution is -2.21. The maximum atomic E-state index is 14.0. The molecule has 0 aliphatic rings. The van der Waals surface area contributed by atoms with Crippen LogP contribution in [-0.4, -0.2) is 47.4 Å². The standard InChI is InChI=1S/C32H26O9/c1-3-18-40-32(38)23-24(26(33)19-10-6-4-7-11-19)28(35)29(36)30(41-31(37)21-12-8-5-9-13-21)25(23)27(34)20-14-16-22(39-2)17-15-20/h4-17,35-36H,3,18H2,1-2H3. The van der Waals surface area contributed by atoms with Gasteiger partial charge in [0.15, 0.2) is 23.1 Å². The molecule has 0 saturated heterocycles. The van der Waals surface area contributed by atoms with E-state index >= 15 is 0 Å². The van der Waals surface area contributed by atoms with Crippen LogP contribution in [0.1, 0.15) is 65.9 Å². The van der Waals surface area contributed by atoms with Gasteiger partial charge in [-0.3, -0.25) is 9.59 Å². The Kier molecular flexibility index (Phi) is 8.79. The van der Waals surface area contributed by atoms with Gasteiger partial charge in [0.05, 0.1) is 36.0 Å². The topological polar surface area (TPSA) is 136 Å². The normalized spacial score (nSPS) is 10.5. The minimum Gasteiger partial charge on any atom is -0.504 e. The molecular formula is C32H26O9. The Balaban J connectivity index is 2.03. The van der Waals surface area contributed by atoms with Gasteiger partial charge in [-0.05, 0) is 42.8 Å². The molecular weight excluding hydrogens is 528 g/mol. The van der Waals surface area contributed by atoms with E-state index in [1.807, 2.05) is 0 Å². The molecule has 0 saturated carbocycles. The van der Waals surface area contributed by atoms with Gasteiger partial charge in [-0.25, -0.2) is 9.59 Å². The van der Waals surface area contributed by atoms with E-state index in [2.05, 4.69) is 0 Å². The van der Waals surface area contributed by atoms with Crippen molar-refractivity contribution in [2.24, 2.45) is 0 Å². The fourth-order valence-electron chi connectivity index (χ4n) is 4.06. The highest BCUT2D eigenvalue weighted by Gasteiger charge is 2.37. The summed E-state index contributed by atoms with van der Waals surface area (Å²) in [6.45, 7) is 1.67. The molecule has 2 N–H and O–H groups in total. The summed E-state index contributed by atoms with van der Waals surface area (Å²) in [5.74, 6) is -6.36. The second kappa shape index (κ2) is 12.6. The Morgan fingerprint density at radius 2 is 1.17 bits per heavy atom. The largest absolute Gasteiger partial charge is 0.504 e. The minimum atomic E-state index is -1.13. The van der Waals surface area contributed by atoms with Gasteiger partial charge >= 0.3 is 11.9 Å². The Bertz CT molecular complexity index is 1590. The number of ketones is 2. The molecule has 9 heteroatoms. The summed E-state index contributed by atoms with van der Waals surface area (Å²) in [7, 11) is 1.44. The molecule has 0 unspecified atom stereocenters. The zero-order valence-corrected chi connectivity index (χ0v) is 22.2. The average molecular weight is 555 g/mol. The molecule has 0 heterocycles. The number of phenolic OH excluding ortho intramolecular Hbond substituents is 2. The highest BCUT2D eigenvalue weighted by atomic mass is 16.5. The van der Waals surface area contributed by atoms with E-state index in [0.717, 1.165) is 0 Å². The maximum Gasteiger partial charge on any atom is 0.343 e. The van der Waals surface area contributed by atoms with Crippen molar-refractivity contribution < 1.29 is 43.6 Å². The average Bonchev–Trinajstić information content (AvgIpc) is 3.02. The number of aromatic hydroxyl groups is 2. The van der Waals surface area contributed by atoms with E-state index in [1.165, 1.54) is 55.6 Å². The van der Waals surface area contributed by atoms with Crippen LogP contribution in [0.4, 0.5) is 0 Å². The molecule has 0 spiro atoms. The Morgan fingerprint density at radius 1 is 0.634 bits per heavy atom. The summed E-state index contributed by atoms with van der Waals surface area (Å²) in [5.41, 5.74) is -1.83. The van der Waals surface area contributed by atoms with Crippen LogP contribution in [0.15, 0.2) is 84.9 Å². The summed E-state index contributed by atoms with van der Waals surface area (Å²) in [6, 6.07) is 21.2. The third-order valence-corrected chi connectivity index (χ3v) is 6.09. The van der Waals surface area contributed by atoms with Crippen LogP contribution in [0.25, 0.3) is 0 Å². The van der Waals surface area contributed by atoms with Crippen LogP contribution in [0, 0.1) is 0 Å². The predicted octanol–water partition coefficient (Wildman–Crippen LogP) is 5.35. The molecule has 0 bridgehead atoms. The number of phenols is 2. The van der Waals surface area contributed by atoms with E-state index < -0.39 is 57.4 Å². The molecule has 4 aromatic rings. The Labute approximate surface area is 235 Å². The number of rotatable bonds is 10. The van der Waals surface area contributed by atoms with Gasteiger partial charge in [0.25, 0.3) is 0 Å². The lowest BCUT2D eigenvalue weighted by Gasteiger charge is -2.20. The van der Waals surface area contributed by atoms with Crippen molar-refractivity contribution in [2.75, 3.05) is 13.7 Å². The molecule has 0 aliphatic heterocycles. The van der Waals surface area contributed by atoms with Crippen molar-refractivity contribution in [3.63, 3.8) is 0 Å². The van der Waals surface area contributed by atoms with Gasteiger partial charge in [0, 0.05) is 11.1 Å². The molecule has 4 aromatic carbocycles. The number of ether oxygens (including phenoxy) is 3. The van der Waals surface area contributed by atoms with Crippen molar-refractivity contribution in [3.05, 3.63) is 118 Å². The first kappa shape index (κ1) is 28.6. The molecule has 9 nitrogen and oxygen atoms in total. The first-order chi connectivity index (χ1) is 19.8. The van der Waals surface area contributed by atoms with E-state index in [9.17, 15) is 29.4 Å². The minimum absolute atomic E-state index is 0.00977. The molecule has 0 amide bonds. The third-order valence-electron chi connectivity index (χ3n) is 6.09. The molecule has 41 heavy (non-hydrogen) atoms. The number of esters is 2. The van der Waals surface area contributed by atoms with E-state index in [0.29, 0.717) is 12.2 Å². The maximum absolute atomic E-state index is 14.0. The van der Waals surface area contributed by atoms with Crippen LogP contribution in [0.3, 0.4) is 0 Å². The Hall–Kier alpha value is -5.44. The molecule has 208 valence electrons. The zero-order valence-electron chi connectivity index (χ0n) is 22.2. The number of hydrogen-bond acceptors (Lipinski definition) is 9. The van der Waals surface area contributed by atoms with E-state index in [-0.39, 0.29) is 23.3 Å². The number of hydrogen-bond donors (Lipinski definition) is 2. The van der Waals surface area contributed by atoms with Gasteiger partial charge in [-0.15, -0.1) is 0 Å². The number of carbonyl (C=O) groups is 4. The second-order valence-corrected chi connectivity index (χ2v) is 8.80. The van der Waals surface area contributed by atoms with E-state index in [1.54, 1.807) is 43.3 Å². The monoisotopic (exact) mass is 554 g/mol. The molecule has 0 fully saturated rings. The van der Waals surface area contributed by atoms with Crippen LogP contribution in [-0.2, 0) is 4.74 Å². The van der Waals surface area contributed by atoms with Gasteiger partial charge in [-0.2, -0.15) is 0 Å². The Morgan fingerprint density at radius 3 is 1.73 bits per heavy atom. The quantitative estimate of drug-likeness (QED) is 0.115. The fourth-order valence-corrected chi connectivity index (χ4v) is 4.06. The molecule has 0 aromatic heterocycles. The van der Waals surface area contributed by atoms with Crippen molar-refractivity contribution >= 4 is 23.5 Å². The summed E-state index contributed by atoms with van der Waals surface area (Å²) < 4.78 is 15.9. The van der Waals surface area contributed by atoms with Gasteiger partial charge in [0.1, 0.15) is 5.75 Å². The smallest absolute Gasteiger partial charge is 0.343 e. The number of carbonyl (C=O) groups excluding carboxylic acids is 4. The zero-order chi connectivity index (χ0) is 29.5. The summed E-state index contributed by atoms with van der Waals surface area (Å²) in [6.07, 6.45) is 0.412. The second-order valence-electron chi connectivity index (χ2n) is 8.80. The molecule has 0 atom stereocenters. The van der Waals surface area contributed by atoms with Crippen molar-refractivity contribution in [1.29, 1.82) is 0 Å². The summed E-state index contributed by atoms with van der Waals surface area (Å²) in [5, 5.41) is 22.2. The highest BCUT2D eigenvalue weighted by Crippen LogP contribution is 2.46. The summed E-state index contributed by atoms with van der Waals surface area (Å²) in [4.78, 5) is 54.2. The van der Waals surface area contributed by atoms with Crippen molar-refractivity contribution in [1.82, 2.24) is 0 Å². The predicted molar refractivity (Wildman–Crippen MR) is 148 cm³/mol. The van der Waals surface area contributed by atoms with E-state index in [4.69, 9.17) is 14.2 Å². The van der Waals surface area contributed by atoms with Gasteiger partial charge in [0.2, 0.25) is 5.75 Å². The SMILES string of the molecule is CCCOC(=O)c1c(C(=O)c2ccccc2)c(O)c(O)c(OC(=O)c2ccccc2)c1C(=O)c1ccc(OC)cc1. The fraction of sp³-hybridized carbons (Fsp3) is 0.125. The molecule has 0 radical (unpaired) electrons. The number of methoxy groups -OCH3 is 1. The van der Waals surface area contributed by atoms with Crippen molar-refractivity contribution in [3.8, 4) is 23.0 Å². The van der Waals surface area contributed by atoms with Crippen LogP contribution in [0.5, 0.6) is 23.0 Å². The van der Waals surface area contributed by atoms with Crippen LogP contribution < -0.4 is 9.47 Å².